The van der Waals surface area contributed by atoms with Crippen molar-refractivity contribution in [3.05, 3.63) is 0 Å². The number of piperazine rings is 1. The standard InChI is InChI=1S/C14H29N3O2/c1-11(2)12(10-17-8-6-15-7-9-17)16-13(18)19-14(3,4)5/h11-12,15H,6-10H2,1-5H3,(H,16,18). The van der Waals surface area contributed by atoms with Gasteiger partial charge in [-0.15, -0.1) is 0 Å². The maximum atomic E-state index is 11.9. The Kier molecular flexibility index (Phi) is 6.07. The second-order valence-electron chi connectivity index (χ2n) is 6.55. The molecule has 0 saturated carbocycles. The average molecular weight is 271 g/mol. The number of carbonyl (C=O) groups is 1. The molecule has 0 aromatic rings. The number of nitrogens with one attached hydrogen (secondary N) is 2. The molecule has 0 aliphatic carbocycles. The number of carbonyl (C=O) groups excluding carboxylic acids is 1. The highest BCUT2D eigenvalue weighted by molar-refractivity contribution is 5.68. The van der Waals surface area contributed by atoms with Gasteiger partial charge in [0.2, 0.25) is 0 Å². The van der Waals surface area contributed by atoms with E-state index in [2.05, 4.69) is 29.4 Å². The predicted molar refractivity (Wildman–Crippen MR) is 77.3 cm³/mol. The van der Waals surface area contributed by atoms with Crippen LogP contribution in [0.3, 0.4) is 0 Å². The molecule has 1 heterocycles. The smallest absolute Gasteiger partial charge is 0.407 e. The van der Waals surface area contributed by atoms with E-state index in [-0.39, 0.29) is 12.1 Å². The van der Waals surface area contributed by atoms with Gasteiger partial charge in [0, 0.05) is 38.8 Å². The molecule has 0 bridgehead atoms. The molecule has 1 amide bonds. The van der Waals surface area contributed by atoms with Gasteiger partial charge in [0.1, 0.15) is 5.60 Å². The molecular formula is C14H29N3O2. The fourth-order valence-corrected chi connectivity index (χ4v) is 2.05. The fourth-order valence-electron chi connectivity index (χ4n) is 2.05. The van der Waals surface area contributed by atoms with Gasteiger partial charge in [-0.1, -0.05) is 13.8 Å². The van der Waals surface area contributed by atoms with Crippen LogP contribution in [0, 0.1) is 5.92 Å². The van der Waals surface area contributed by atoms with Crippen LogP contribution in [0.1, 0.15) is 34.6 Å². The van der Waals surface area contributed by atoms with Crippen molar-refractivity contribution in [2.75, 3.05) is 32.7 Å². The lowest BCUT2D eigenvalue weighted by molar-refractivity contribution is 0.0471. The molecule has 1 unspecified atom stereocenters. The molecule has 112 valence electrons. The summed E-state index contributed by atoms with van der Waals surface area (Å²) in [5.41, 5.74) is -0.444. The number of ether oxygens (including phenoxy) is 1. The van der Waals surface area contributed by atoms with Gasteiger partial charge in [0.05, 0.1) is 0 Å². The molecule has 1 aliphatic rings. The summed E-state index contributed by atoms with van der Waals surface area (Å²) in [4.78, 5) is 14.2. The van der Waals surface area contributed by atoms with Gasteiger partial charge in [-0.3, -0.25) is 4.90 Å². The van der Waals surface area contributed by atoms with E-state index in [0.29, 0.717) is 5.92 Å². The minimum atomic E-state index is -0.444. The first-order valence-corrected chi connectivity index (χ1v) is 7.20. The molecule has 1 atom stereocenters. The lowest BCUT2D eigenvalue weighted by Crippen LogP contribution is -2.52. The minimum Gasteiger partial charge on any atom is -0.444 e. The van der Waals surface area contributed by atoms with Gasteiger partial charge in [0.25, 0.3) is 0 Å². The van der Waals surface area contributed by atoms with Gasteiger partial charge < -0.3 is 15.4 Å². The Hall–Kier alpha value is -0.810. The quantitative estimate of drug-likeness (QED) is 0.812. The number of hydrogen-bond donors (Lipinski definition) is 2. The van der Waals surface area contributed by atoms with Crippen LogP contribution < -0.4 is 10.6 Å². The van der Waals surface area contributed by atoms with E-state index < -0.39 is 5.60 Å². The molecule has 19 heavy (non-hydrogen) atoms. The lowest BCUT2D eigenvalue weighted by atomic mass is 10.0. The van der Waals surface area contributed by atoms with Gasteiger partial charge in [-0.2, -0.15) is 0 Å². The topological polar surface area (TPSA) is 53.6 Å². The largest absolute Gasteiger partial charge is 0.444 e. The Morgan fingerprint density at radius 3 is 2.37 bits per heavy atom. The zero-order valence-electron chi connectivity index (χ0n) is 13.0. The van der Waals surface area contributed by atoms with E-state index in [4.69, 9.17) is 4.74 Å². The molecule has 1 rings (SSSR count). The Morgan fingerprint density at radius 1 is 1.32 bits per heavy atom. The summed E-state index contributed by atoms with van der Waals surface area (Å²) in [6.07, 6.45) is -0.318. The summed E-state index contributed by atoms with van der Waals surface area (Å²) in [5.74, 6) is 0.391. The zero-order chi connectivity index (χ0) is 14.5. The van der Waals surface area contributed by atoms with Crippen LogP contribution in [0.4, 0.5) is 4.79 Å². The van der Waals surface area contributed by atoms with Crippen molar-refractivity contribution in [1.82, 2.24) is 15.5 Å². The molecule has 0 aromatic carbocycles. The normalized spacial score (nSPS) is 19.3. The maximum absolute atomic E-state index is 11.9. The second kappa shape index (κ2) is 7.10. The third-order valence-corrected chi connectivity index (χ3v) is 3.17. The van der Waals surface area contributed by atoms with Gasteiger partial charge in [-0.25, -0.2) is 4.79 Å². The van der Waals surface area contributed by atoms with E-state index in [0.717, 1.165) is 32.7 Å². The number of alkyl carbamates (subject to hydrolysis) is 1. The van der Waals surface area contributed by atoms with E-state index in [1.165, 1.54) is 0 Å². The monoisotopic (exact) mass is 271 g/mol. The van der Waals surface area contributed by atoms with Crippen LogP contribution in [-0.4, -0.2) is 55.4 Å². The van der Waals surface area contributed by atoms with Crippen molar-refractivity contribution in [1.29, 1.82) is 0 Å². The third kappa shape index (κ3) is 6.78. The number of amides is 1. The van der Waals surface area contributed by atoms with E-state index in [1.54, 1.807) is 0 Å². The molecule has 0 spiro atoms. The number of rotatable bonds is 4. The van der Waals surface area contributed by atoms with Crippen molar-refractivity contribution >= 4 is 6.09 Å². The van der Waals surface area contributed by atoms with Crippen molar-refractivity contribution in [2.24, 2.45) is 5.92 Å². The zero-order valence-corrected chi connectivity index (χ0v) is 13.0. The Labute approximate surface area is 117 Å². The predicted octanol–water partition coefficient (Wildman–Crippen LogP) is 1.44. The van der Waals surface area contributed by atoms with Crippen molar-refractivity contribution in [2.45, 2.75) is 46.3 Å². The molecule has 0 radical (unpaired) electrons. The molecular weight excluding hydrogens is 242 g/mol. The number of nitrogens with zero attached hydrogens (tertiary/aromatic N) is 1. The van der Waals surface area contributed by atoms with Gasteiger partial charge >= 0.3 is 6.09 Å². The molecule has 5 heteroatoms. The summed E-state index contributed by atoms with van der Waals surface area (Å²) >= 11 is 0. The van der Waals surface area contributed by atoms with Crippen LogP contribution >= 0.6 is 0 Å². The van der Waals surface area contributed by atoms with Gasteiger partial charge in [-0.05, 0) is 26.7 Å². The van der Waals surface area contributed by atoms with Gasteiger partial charge in [0.15, 0.2) is 0 Å². The summed E-state index contributed by atoms with van der Waals surface area (Å²) in [6, 6.07) is 0.132. The van der Waals surface area contributed by atoms with Crippen molar-refractivity contribution < 1.29 is 9.53 Å². The second-order valence-corrected chi connectivity index (χ2v) is 6.55. The first-order valence-electron chi connectivity index (χ1n) is 7.20. The van der Waals surface area contributed by atoms with Crippen LogP contribution in [0.5, 0.6) is 0 Å². The van der Waals surface area contributed by atoms with Crippen molar-refractivity contribution in [3.63, 3.8) is 0 Å². The maximum Gasteiger partial charge on any atom is 0.407 e. The molecule has 5 nitrogen and oxygen atoms in total. The minimum absolute atomic E-state index is 0.132. The fraction of sp³-hybridized carbons (Fsp3) is 0.929. The summed E-state index contributed by atoms with van der Waals surface area (Å²) in [5, 5.41) is 6.33. The van der Waals surface area contributed by atoms with Crippen LogP contribution in [0.15, 0.2) is 0 Å². The molecule has 1 aliphatic heterocycles. The Bertz CT molecular complexity index is 281. The first-order chi connectivity index (χ1) is 8.78. The molecule has 1 saturated heterocycles. The van der Waals surface area contributed by atoms with Crippen LogP contribution in [-0.2, 0) is 4.74 Å². The lowest BCUT2D eigenvalue weighted by Gasteiger charge is -2.33. The van der Waals surface area contributed by atoms with Crippen molar-refractivity contribution in [3.8, 4) is 0 Å². The average Bonchev–Trinajstić information content (AvgIpc) is 2.26. The first kappa shape index (κ1) is 16.2. The molecule has 2 N–H and O–H groups in total. The summed E-state index contributed by atoms with van der Waals surface area (Å²) in [7, 11) is 0. The summed E-state index contributed by atoms with van der Waals surface area (Å²) < 4.78 is 5.33. The highest BCUT2D eigenvalue weighted by Crippen LogP contribution is 2.10. The summed E-state index contributed by atoms with van der Waals surface area (Å²) in [6.45, 7) is 14.9. The highest BCUT2D eigenvalue weighted by Gasteiger charge is 2.23. The van der Waals surface area contributed by atoms with E-state index >= 15 is 0 Å². The Morgan fingerprint density at radius 2 is 1.89 bits per heavy atom. The molecule has 1 fully saturated rings. The number of hydrogen-bond acceptors (Lipinski definition) is 4. The molecule has 0 aromatic heterocycles. The van der Waals surface area contributed by atoms with Crippen LogP contribution in [0.25, 0.3) is 0 Å². The highest BCUT2D eigenvalue weighted by atomic mass is 16.6. The third-order valence-electron chi connectivity index (χ3n) is 3.17. The van der Waals surface area contributed by atoms with E-state index in [9.17, 15) is 4.79 Å². The Balaban J connectivity index is 2.45. The van der Waals surface area contributed by atoms with Crippen LogP contribution in [0.2, 0.25) is 0 Å². The van der Waals surface area contributed by atoms with E-state index in [1.807, 2.05) is 20.8 Å². The SMILES string of the molecule is CC(C)C(CN1CCNCC1)NC(=O)OC(C)(C)C.